The van der Waals surface area contributed by atoms with Gasteiger partial charge in [-0.3, -0.25) is 9.59 Å². The van der Waals surface area contributed by atoms with Crippen molar-refractivity contribution in [3.63, 3.8) is 0 Å². The fourth-order valence-electron chi connectivity index (χ4n) is 2.57. The van der Waals surface area contributed by atoms with Crippen LogP contribution in [0.4, 0.5) is 0 Å². The number of benzene rings is 1. The van der Waals surface area contributed by atoms with Gasteiger partial charge in [-0.05, 0) is 12.1 Å². The van der Waals surface area contributed by atoms with Crippen LogP contribution in [-0.2, 0) is 9.53 Å². The minimum atomic E-state index is -0.311. The molecule has 2 amide bonds. The van der Waals surface area contributed by atoms with E-state index in [0.717, 1.165) is 0 Å². The highest BCUT2D eigenvalue weighted by atomic mass is 16.5. The molecule has 1 aliphatic heterocycles. The molecule has 25 heavy (non-hydrogen) atoms. The van der Waals surface area contributed by atoms with E-state index in [-0.39, 0.29) is 24.8 Å². The van der Waals surface area contributed by atoms with Crippen LogP contribution >= 0.6 is 0 Å². The highest BCUT2D eigenvalue weighted by Crippen LogP contribution is 2.38. The summed E-state index contributed by atoms with van der Waals surface area (Å²) in [6, 6.07) is 3.14. The first kappa shape index (κ1) is 18.9. The Labute approximate surface area is 147 Å². The Hall–Kier alpha value is -2.48. The number of morpholine rings is 1. The third-order valence-corrected chi connectivity index (χ3v) is 3.92. The van der Waals surface area contributed by atoms with E-state index < -0.39 is 0 Å². The zero-order chi connectivity index (χ0) is 18.2. The van der Waals surface area contributed by atoms with Crippen LogP contribution in [0.3, 0.4) is 0 Å². The Bertz CT molecular complexity index is 588. The fourth-order valence-corrected chi connectivity index (χ4v) is 2.57. The van der Waals surface area contributed by atoms with Gasteiger partial charge in [-0.15, -0.1) is 0 Å². The molecule has 1 aromatic rings. The lowest BCUT2D eigenvalue weighted by Gasteiger charge is -2.26. The van der Waals surface area contributed by atoms with Crippen molar-refractivity contribution in [2.45, 2.75) is 6.42 Å². The van der Waals surface area contributed by atoms with Gasteiger partial charge in [-0.2, -0.15) is 0 Å². The largest absolute Gasteiger partial charge is 0.493 e. The Morgan fingerprint density at radius 3 is 2.20 bits per heavy atom. The summed E-state index contributed by atoms with van der Waals surface area (Å²) in [5.41, 5.74) is 0.369. The molecule has 0 radical (unpaired) electrons. The second-order valence-corrected chi connectivity index (χ2v) is 5.41. The summed E-state index contributed by atoms with van der Waals surface area (Å²) in [5, 5.41) is 2.74. The quantitative estimate of drug-likeness (QED) is 0.777. The molecule has 2 rings (SSSR count). The molecular weight excluding hydrogens is 328 g/mol. The first-order valence-corrected chi connectivity index (χ1v) is 8.04. The molecule has 1 saturated heterocycles. The van der Waals surface area contributed by atoms with Crippen molar-refractivity contribution in [2.24, 2.45) is 0 Å². The van der Waals surface area contributed by atoms with Crippen molar-refractivity contribution < 1.29 is 28.5 Å². The number of carbonyl (C=O) groups excluding carboxylic acids is 2. The summed E-state index contributed by atoms with van der Waals surface area (Å²) in [5.74, 6) is 0.916. The Balaban J connectivity index is 1.95. The summed E-state index contributed by atoms with van der Waals surface area (Å²) < 4.78 is 20.9. The lowest BCUT2D eigenvalue weighted by atomic mass is 10.1. The third kappa shape index (κ3) is 4.76. The van der Waals surface area contributed by atoms with Crippen molar-refractivity contribution >= 4 is 11.8 Å². The van der Waals surface area contributed by atoms with Gasteiger partial charge in [0, 0.05) is 31.6 Å². The van der Waals surface area contributed by atoms with E-state index in [9.17, 15) is 9.59 Å². The molecule has 138 valence electrons. The number of rotatable bonds is 7. The van der Waals surface area contributed by atoms with Gasteiger partial charge < -0.3 is 29.2 Å². The lowest BCUT2D eigenvalue weighted by Crippen LogP contribution is -2.42. The lowest BCUT2D eigenvalue weighted by molar-refractivity contribution is -0.135. The van der Waals surface area contributed by atoms with Crippen molar-refractivity contribution in [3.05, 3.63) is 17.7 Å². The minimum Gasteiger partial charge on any atom is -0.493 e. The molecule has 0 aromatic heterocycles. The molecule has 0 bridgehead atoms. The SMILES string of the molecule is COc1cc(C(=O)NCCC(=O)N2CCOCC2)cc(OC)c1OC. The second kappa shape index (κ2) is 9.12. The van der Waals surface area contributed by atoms with Crippen LogP contribution in [-0.4, -0.2) is 70.9 Å². The van der Waals surface area contributed by atoms with E-state index in [1.54, 1.807) is 17.0 Å². The number of hydrogen-bond acceptors (Lipinski definition) is 6. The smallest absolute Gasteiger partial charge is 0.251 e. The third-order valence-electron chi connectivity index (χ3n) is 3.92. The number of carbonyl (C=O) groups is 2. The van der Waals surface area contributed by atoms with Gasteiger partial charge in [0.2, 0.25) is 11.7 Å². The average molecular weight is 352 g/mol. The average Bonchev–Trinajstić information content (AvgIpc) is 2.67. The molecule has 1 fully saturated rings. The van der Waals surface area contributed by atoms with Crippen LogP contribution in [0.1, 0.15) is 16.8 Å². The van der Waals surface area contributed by atoms with E-state index in [1.165, 1.54) is 21.3 Å². The van der Waals surface area contributed by atoms with Crippen molar-refractivity contribution in [1.29, 1.82) is 0 Å². The number of amides is 2. The fraction of sp³-hybridized carbons (Fsp3) is 0.529. The minimum absolute atomic E-state index is 0.00786. The van der Waals surface area contributed by atoms with E-state index in [1.807, 2.05) is 0 Å². The number of nitrogens with one attached hydrogen (secondary N) is 1. The Morgan fingerprint density at radius 1 is 1.08 bits per heavy atom. The Morgan fingerprint density at radius 2 is 1.68 bits per heavy atom. The van der Waals surface area contributed by atoms with Crippen LogP contribution in [0.25, 0.3) is 0 Å². The molecule has 0 saturated carbocycles. The number of nitrogens with zero attached hydrogens (tertiary/aromatic N) is 1. The van der Waals surface area contributed by atoms with E-state index in [2.05, 4.69) is 5.32 Å². The molecule has 8 heteroatoms. The standard InChI is InChI=1S/C17H24N2O6/c1-22-13-10-12(11-14(23-2)16(13)24-3)17(21)18-5-4-15(20)19-6-8-25-9-7-19/h10-11H,4-9H2,1-3H3,(H,18,21). The summed E-state index contributed by atoms with van der Waals surface area (Å²) in [6.07, 6.45) is 0.246. The first-order valence-electron chi connectivity index (χ1n) is 8.04. The topological polar surface area (TPSA) is 86.3 Å². The van der Waals surface area contributed by atoms with E-state index in [4.69, 9.17) is 18.9 Å². The van der Waals surface area contributed by atoms with Crippen molar-refractivity contribution in [3.8, 4) is 17.2 Å². The maximum atomic E-state index is 12.3. The monoisotopic (exact) mass is 352 g/mol. The number of methoxy groups -OCH3 is 3. The predicted octanol–water partition coefficient (Wildman–Crippen LogP) is 0.691. The van der Waals surface area contributed by atoms with E-state index in [0.29, 0.717) is 49.1 Å². The highest BCUT2D eigenvalue weighted by Gasteiger charge is 2.19. The van der Waals surface area contributed by atoms with Crippen LogP contribution in [0.2, 0.25) is 0 Å². The van der Waals surface area contributed by atoms with Gasteiger partial charge in [-0.1, -0.05) is 0 Å². The van der Waals surface area contributed by atoms with Gasteiger partial charge >= 0.3 is 0 Å². The first-order chi connectivity index (χ1) is 12.1. The molecule has 0 aliphatic carbocycles. The molecule has 0 atom stereocenters. The molecule has 8 nitrogen and oxygen atoms in total. The molecular formula is C17H24N2O6. The van der Waals surface area contributed by atoms with Gasteiger partial charge in [-0.25, -0.2) is 0 Å². The van der Waals surface area contributed by atoms with Crippen molar-refractivity contribution in [1.82, 2.24) is 10.2 Å². The molecule has 1 N–H and O–H groups in total. The molecule has 1 aliphatic rings. The van der Waals surface area contributed by atoms with Crippen LogP contribution in [0, 0.1) is 0 Å². The van der Waals surface area contributed by atoms with Gasteiger partial charge in [0.15, 0.2) is 11.5 Å². The summed E-state index contributed by atoms with van der Waals surface area (Å²) in [6.45, 7) is 2.57. The summed E-state index contributed by atoms with van der Waals surface area (Å²) in [7, 11) is 4.47. The van der Waals surface area contributed by atoms with Crippen LogP contribution in [0.5, 0.6) is 17.2 Å². The molecule has 0 unspecified atom stereocenters. The molecule has 1 aromatic carbocycles. The van der Waals surface area contributed by atoms with E-state index >= 15 is 0 Å². The highest BCUT2D eigenvalue weighted by molar-refractivity contribution is 5.95. The van der Waals surface area contributed by atoms with Gasteiger partial charge in [0.25, 0.3) is 5.91 Å². The second-order valence-electron chi connectivity index (χ2n) is 5.41. The van der Waals surface area contributed by atoms with Gasteiger partial charge in [0.1, 0.15) is 0 Å². The molecule has 0 spiro atoms. The zero-order valence-electron chi connectivity index (χ0n) is 14.8. The maximum absolute atomic E-state index is 12.3. The Kier molecular flexibility index (Phi) is 6.88. The zero-order valence-corrected chi connectivity index (χ0v) is 14.8. The van der Waals surface area contributed by atoms with Gasteiger partial charge in [0.05, 0.1) is 34.5 Å². The number of ether oxygens (including phenoxy) is 4. The molecule has 1 heterocycles. The van der Waals surface area contributed by atoms with Crippen molar-refractivity contribution in [2.75, 3.05) is 54.2 Å². The number of hydrogen-bond donors (Lipinski definition) is 1. The normalized spacial score (nSPS) is 14.0. The van der Waals surface area contributed by atoms with Crippen LogP contribution < -0.4 is 19.5 Å². The summed E-state index contributed by atoms with van der Waals surface area (Å²) in [4.78, 5) is 26.1. The summed E-state index contributed by atoms with van der Waals surface area (Å²) >= 11 is 0. The van der Waals surface area contributed by atoms with Crippen LogP contribution in [0.15, 0.2) is 12.1 Å². The maximum Gasteiger partial charge on any atom is 0.251 e. The predicted molar refractivity (Wildman–Crippen MR) is 90.4 cm³/mol.